The predicted octanol–water partition coefficient (Wildman–Crippen LogP) is 3.60. The lowest BCUT2D eigenvalue weighted by Gasteiger charge is -2.18. The summed E-state index contributed by atoms with van der Waals surface area (Å²) in [6.07, 6.45) is 3.95. The molecular formula is C20H27N3O4. The molecule has 0 atom stereocenters. The lowest BCUT2D eigenvalue weighted by Crippen LogP contribution is -2.19. The van der Waals surface area contributed by atoms with Crippen LogP contribution in [0.5, 0.6) is 17.2 Å². The number of methoxy groups -OCH3 is 3. The molecule has 1 aromatic carbocycles. The highest BCUT2D eigenvalue weighted by molar-refractivity contribution is 6.03. The van der Waals surface area contributed by atoms with Crippen molar-refractivity contribution in [2.24, 2.45) is 0 Å². The molecule has 0 unspecified atom stereocenters. The van der Waals surface area contributed by atoms with Crippen LogP contribution in [0.25, 0.3) is 0 Å². The van der Waals surface area contributed by atoms with Crippen molar-refractivity contribution < 1.29 is 19.0 Å². The lowest BCUT2D eigenvalue weighted by molar-refractivity contribution is 0.102. The number of pyridine rings is 1. The Balaban J connectivity index is 2.15. The largest absolute Gasteiger partial charge is 0.493 e. The summed E-state index contributed by atoms with van der Waals surface area (Å²) in [6.45, 7) is 3.11. The van der Waals surface area contributed by atoms with Gasteiger partial charge in [0.25, 0.3) is 5.91 Å². The van der Waals surface area contributed by atoms with Gasteiger partial charge in [0.15, 0.2) is 11.5 Å². The summed E-state index contributed by atoms with van der Waals surface area (Å²) >= 11 is 0. The quantitative estimate of drug-likeness (QED) is 0.724. The topological polar surface area (TPSA) is 72.9 Å². The molecule has 0 saturated heterocycles. The van der Waals surface area contributed by atoms with E-state index in [1.54, 1.807) is 24.4 Å². The Hall–Kier alpha value is -2.96. The molecule has 1 aromatic heterocycles. The van der Waals surface area contributed by atoms with Crippen LogP contribution >= 0.6 is 0 Å². The highest BCUT2D eigenvalue weighted by Gasteiger charge is 2.15. The van der Waals surface area contributed by atoms with E-state index in [0.717, 1.165) is 25.1 Å². The number of unbranched alkanes of at least 4 members (excludes halogenated alkanes) is 1. The van der Waals surface area contributed by atoms with Crippen LogP contribution in [0.15, 0.2) is 30.5 Å². The molecule has 0 aliphatic carbocycles. The molecule has 7 nitrogen and oxygen atoms in total. The second-order valence-corrected chi connectivity index (χ2v) is 6.04. The molecule has 0 bridgehead atoms. The molecule has 2 aromatic rings. The Bertz CT molecular complexity index is 737. The van der Waals surface area contributed by atoms with E-state index in [-0.39, 0.29) is 5.91 Å². The van der Waals surface area contributed by atoms with Gasteiger partial charge in [-0.25, -0.2) is 4.98 Å². The molecule has 1 N–H and O–H groups in total. The molecule has 1 heterocycles. The van der Waals surface area contributed by atoms with Gasteiger partial charge in [-0.3, -0.25) is 4.79 Å². The van der Waals surface area contributed by atoms with Crippen molar-refractivity contribution in [1.29, 1.82) is 0 Å². The van der Waals surface area contributed by atoms with Crippen LogP contribution in [0.2, 0.25) is 0 Å². The number of benzene rings is 1. The van der Waals surface area contributed by atoms with E-state index in [2.05, 4.69) is 22.1 Å². The van der Waals surface area contributed by atoms with Crippen LogP contribution in [0.1, 0.15) is 30.3 Å². The second kappa shape index (κ2) is 9.66. The number of ether oxygens (including phenoxy) is 3. The van der Waals surface area contributed by atoms with Gasteiger partial charge in [0, 0.05) is 31.4 Å². The molecule has 0 radical (unpaired) electrons. The number of hydrogen-bond acceptors (Lipinski definition) is 6. The zero-order valence-corrected chi connectivity index (χ0v) is 16.5. The molecule has 0 spiro atoms. The lowest BCUT2D eigenvalue weighted by atomic mass is 10.2. The highest BCUT2D eigenvalue weighted by Crippen LogP contribution is 2.40. The monoisotopic (exact) mass is 373 g/mol. The van der Waals surface area contributed by atoms with E-state index in [1.807, 2.05) is 13.1 Å². The van der Waals surface area contributed by atoms with Gasteiger partial charge >= 0.3 is 0 Å². The van der Waals surface area contributed by atoms with Crippen LogP contribution in [0.4, 0.5) is 11.4 Å². The van der Waals surface area contributed by atoms with Crippen LogP contribution in [0.3, 0.4) is 0 Å². The van der Waals surface area contributed by atoms with Gasteiger partial charge < -0.3 is 24.4 Å². The summed E-state index contributed by atoms with van der Waals surface area (Å²) in [5, 5.41) is 2.81. The zero-order chi connectivity index (χ0) is 19.8. The predicted molar refractivity (Wildman–Crippen MR) is 106 cm³/mol. The van der Waals surface area contributed by atoms with Crippen molar-refractivity contribution >= 4 is 17.3 Å². The number of aromatic nitrogens is 1. The van der Waals surface area contributed by atoms with Gasteiger partial charge in [-0.15, -0.1) is 0 Å². The first-order chi connectivity index (χ1) is 13.0. The molecule has 27 heavy (non-hydrogen) atoms. The molecule has 0 saturated carbocycles. The number of nitrogens with zero attached hydrogens (tertiary/aromatic N) is 2. The van der Waals surface area contributed by atoms with Crippen LogP contribution in [-0.4, -0.2) is 45.8 Å². The molecule has 146 valence electrons. The summed E-state index contributed by atoms with van der Waals surface area (Å²) in [4.78, 5) is 18.9. The standard InChI is InChI=1S/C20H27N3O4/c1-6-7-10-23(2)15-8-9-16(21-13-15)20(24)22-14-11-17(25-3)19(27-5)18(12-14)26-4/h8-9,11-13H,6-7,10H2,1-5H3,(H,22,24). The highest BCUT2D eigenvalue weighted by atomic mass is 16.5. The smallest absolute Gasteiger partial charge is 0.274 e. The minimum Gasteiger partial charge on any atom is -0.493 e. The van der Waals surface area contributed by atoms with Gasteiger partial charge in [-0.05, 0) is 18.6 Å². The summed E-state index contributed by atoms with van der Waals surface area (Å²) < 4.78 is 15.9. The summed E-state index contributed by atoms with van der Waals surface area (Å²) in [7, 11) is 6.60. The minimum absolute atomic E-state index is 0.313. The first-order valence-electron chi connectivity index (χ1n) is 8.82. The normalized spacial score (nSPS) is 10.3. The molecule has 7 heteroatoms. The maximum atomic E-state index is 12.5. The first kappa shape index (κ1) is 20.4. The van der Waals surface area contributed by atoms with Crippen LogP contribution in [0, 0.1) is 0 Å². The van der Waals surface area contributed by atoms with E-state index in [4.69, 9.17) is 14.2 Å². The van der Waals surface area contributed by atoms with Gasteiger partial charge in [0.1, 0.15) is 5.69 Å². The van der Waals surface area contributed by atoms with E-state index >= 15 is 0 Å². The van der Waals surface area contributed by atoms with Crippen LogP contribution < -0.4 is 24.4 Å². The third-order valence-electron chi connectivity index (χ3n) is 4.19. The number of hydrogen-bond donors (Lipinski definition) is 1. The van der Waals surface area contributed by atoms with Crippen molar-refractivity contribution in [2.45, 2.75) is 19.8 Å². The van der Waals surface area contributed by atoms with Crippen LogP contribution in [-0.2, 0) is 0 Å². The third-order valence-corrected chi connectivity index (χ3v) is 4.19. The summed E-state index contributed by atoms with van der Waals surface area (Å²) in [5.74, 6) is 1.09. The molecule has 1 amide bonds. The number of amides is 1. The van der Waals surface area contributed by atoms with Gasteiger partial charge in [0.05, 0.1) is 33.2 Å². The van der Waals surface area contributed by atoms with E-state index in [9.17, 15) is 4.79 Å². The Morgan fingerprint density at radius 2 is 1.78 bits per heavy atom. The van der Waals surface area contributed by atoms with Gasteiger partial charge in [-0.2, -0.15) is 0 Å². The average Bonchev–Trinajstić information content (AvgIpc) is 2.71. The van der Waals surface area contributed by atoms with Crippen molar-refractivity contribution in [1.82, 2.24) is 4.98 Å². The first-order valence-corrected chi connectivity index (χ1v) is 8.82. The molecule has 0 aliphatic rings. The van der Waals surface area contributed by atoms with Crippen molar-refractivity contribution in [3.63, 3.8) is 0 Å². The zero-order valence-electron chi connectivity index (χ0n) is 16.5. The second-order valence-electron chi connectivity index (χ2n) is 6.04. The Morgan fingerprint density at radius 3 is 2.26 bits per heavy atom. The van der Waals surface area contributed by atoms with Crippen molar-refractivity contribution in [3.05, 3.63) is 36.2 Å². The fourth-order valence-corrected chi connectivity index (χ4v) is 2.62. The summed E-state index contributed by atoms with van der Waals surface area (Å²) in [6, 6.07) is 6.95. The number of carbonyl (C=O) groups is 1. The number of rotatable bonds is 9. The van der Waals surface area contributed by atoms with E-state index in [0.29, 0.717) is 28.6 Å². The van der Waals surface area contributed by atoms with Crippen molar-refractivity contribution in [2.75, 3.05) is 45.1 Å². The number of anilines is 2. The maximum absolute atomic E-state index is 12.5. The Kier molecular flexibility index (Phi) is 7.28. The molecule has 2 rings (SSSR count). The maximum Gasteiger partial charge on any atom is 0.274 e. The van der Waals surface area contributed by atoms with E-state index in [1.165, 1.54) is 21.3 Å². The van der Waals surface area contributed by atoms with Crippen molar-refractivity contribution in [3.8, 4) is 17.2 Å². The molecular weight excluding hydrogens is 346 g/mol. The molecule has 0 fully saturated rings. The van der Waals surface area contributed by atoms with E-state index < -0.39 is 0 Å². The Morgan fingerprint density at radius 1 is 1.11 bits per heavy atom. The summed E-state index contributed by atoms with van der Waals surface area (Å²) in [5.41, 5.74) is 1.84. The molecule has 0 aliphatic heterocycles. The Labute approximate surface area is 160 Å². The average molecular weight is 373 g/mol. The SMILES string of the molecule is CCCCN(C)c1ccc(C(=O)Nc2cc(OC)c(OC)c(OC)c2)nc1. The van der Waals surface area contributed by atoms with Gasteiger partial charge in [0.2, 0.25) is 5.75 Å². The fraction of sp³-hybridized carbons (Fsp3) is 0.400. The third kappa shape index (κ3) is 5.03. The number of carbonyl (C=O) groups excluding carboxylic acids is 1. The van der Waals surface area contributed by atoms with Gasteiger partial charge in [-0.1, -0.05) is 13.3 Å². The number of nitrogens with one attached hydrogen (secondary N) is 1. The fourth-order valence-electron chi connectivity index (χ4n) is 2.62. The minimum atomic E-state index is -0.313.